The van der Waals surface area contributed by atoms with E-state index in [0.717, 1.165) is 6.92 Å². The number of hydrogen-bond donors (Lipinski definition) is 6. The average molecular weight is 312 g/mol. The van der Waals surface area contributed by atoms with Gasteiger partial charge in [-0.2, -0.15) is 0 Å². The minimum Gasteiger partial charge on any atom is -0.394 e. The molecule has 1 saturated heterocycles. The Morgan fingerprint density at radius 3 is 2.29 bits per heavy atom. The van der Waals surface area contributed by atoms with Gasteiger partial charge in [0.1, 0.15) is 24.4 Å². The predicted octanol–water partition coefficient (Wildman–Crippen LogP) is -4.47. The monoisotopic (exact) mass is 312 g/mol. The van der Waals surface area contributed by atoms with Gasteiger partial charge in [-0.25, -0.2) is 19.4 Å². The first-order valence-corrected chi connectivity index (χ1v) is 5.81. The van der Waals surface area contributed by atoms with E-state index in [9.17, 15) is 30.0 Å². The summed E-state index contributed by atoms with van der Waals surface area (Å²) in [5, 5.41) is 56.1. The van der Waals surface area contributed by atoms with E-state index in [2.05, 4.69) is 14.5 Å². The van der Waals surface area contributed by atoms with E-state index in [4.69, 9.17) is 10.2 Å². The number of hydrogen-bond acceptors (Lipinski definition) is 11. The lowest BCUT2D eigenvalue weighted by Gasteiger charge is -2.42. The molecule has 2 unspecified atom stereocenters. The Morgan fingerprint density at radius 2 is 1.81 bits per heavy atom. The molecule has 6 N–H and O–H groups in total. The summed E-state index contributed by atoms with van der Waals surface area (Å²) in [7, 11) is 0. The molecule has 1 aliphatic rings. The zero-order valence-corrected chi connectivity index (χ0v) is 10.8. The van der Waals surface area contributed by atoms with Gasteiger partial charge in [0.05, 0.1) is 6.61 Å². The molecule has 0 aliphatic carbocycles. The van der Waals surface area contributed by atoms with Gasteiger partial charge in [0.15, 0.2) is 6.10 Å². The van der Waals surface area contributed by atoms with Crippen molar-refractivity contribution in [2.24, 2.45) is 0 Å². The molecule has 0 spiro atoms. The number of aliphatic hydroxyl groups excluding tert-OH is 5. The molecular formula is C10H16O11. The maximum absolute atomic E-state index is 11.6. The van der Waals surface area contributed by atoms with Crippen LogP contribution in [-0.2, 0) is 24.1 Å². The van der Waals surface area contributed by atoms with Crippen LogP contribution in [0, 0.1) is 0 Å². The van der Waals surface area contributed by atoms with Crippen LogP contribution in [0.4, 0.5) is 0 Å². The fourth-order valence-corrected chi connectivity index (χ4v) is 1.53. The van der Waals surface area contributed by atoms with Gasteiger partial charge >= 0.3 is 17.7 Å². The van der Waals surface area contributed by atoms with Crippen LogP contribution in [0.1, 0.15) is 6.92 Å². The highest BCUT2D eigenvalue weighted by Gasteiger charge is 2.59. The Morgan fingerprint density at radius 1 is 1.24 bits per heavy atom. The van der Waals surface area contributed by atoms with Crippen molar-refractivity contribution in [1.29, 1.82) is 0 Å². The molecule has 0 aromatic carbocycles. The van der Waals surface area contributed by atoms with E-state index in [1.807, 2.05) is 0 Å². The van der Waals surface area contributed by atoms with Crippen LogP contribution in [0.3, 0.4) is 0 Å². The smallest absolute Gasteiger partial charge is 0.394 e. The Labute approximate surface area is 117 Å². The van der Waals surface area contributed by atoms with Crippen LogP contribution < -0.4 is 0 Å². The van der Waals surface area contributed by atoms with Crippen LogP contribution in [0.25, 0.3) is 0 Å². The molecule has 1 heterocycles. The van der Waals surface area contributed by atoms with E-state index >= 15 is 0 Å². The van der Waals surface area contributed by atoms with E-state index in [1.165, 1.54) is 0 Å². The molecule has 1 aliphatic heterocycles. The van der Waals surface area contributed by atoms with Crippen molar-refractivity contribution in [2.75, 3.05) is 6.61 Å². The third kappa shape index (κ3) is 3.47. The zero-order valence-electron chi connectivity index (χ0n) is 10.8. The van der Waals surface area contributed by atoms with Crippen LogP contribution >= 0.6 is 0 Å². The molecule has 1 fully saturated rings. The summed E-state index contributed by atoms with van der Waals surface area (Å²) in [6.07, 6.45) is -9.39. The Bertz CT molecular complexity index is 394. The van der Waals surface area contributed by atoms with Crippen LogP contribution in [0.15, 0.2) is 0 Å². The lowest BCUT2D eigenvalue weighted by atomic mass is 9.93. The Hall–Kier alpha value is -1.34. The van der Waals surface area contributed by atoms with Crippen molar-refractivity contribution in [3.05, 3.63) is 0 Å². The molecule has 6 atom stereocenters. The third-order valence-corrected chi connectivity index (χ3v) is 2.80. The van der Waals surface area contributed by atoms with Gasteiger partial charge in [0.25, 0.3) is 0 Å². The fraction of sp³-hybridized carbons (Fsp3) is 0.800. The van der Waals surface area contributed by atoms with Crippen LogP contribution in [-0.4, -0.2) is 85.5 Å². The highest BCUT2D eigenvalue weighted by Crippen LogP contribution is 2.29. The van der Waals surface area contributed by atoms with Crippen molar-refractivity contribution in [3.63, 3.8) is 0 Å². The molecule has 0 aromatic heterocycles. The fourth-order valence-electron chi connectivity index (χ4n) is 1.53. The van der Waals surface area contributed by atoms with E-state index in [1.54, 1.807) is 0 Å². The van der Waals surface area contributed by atoms with Crippen molar-refractivity contribution >= 4 is 11.9 Å². The number of ether oxygens (including phenoxy) is 1. The second kappa shape index (κ2) is 6.62. The number of carbonyl (C=O) groups is 2. The first-order valence-electron chi connectivity index (χ1n) is 5.81. The molecule has 0 amide bonds. The molecule has 0 saturated carbocycles. The Kier molecular flexibility index (Phi) is 5.58. The summed E-state index contributed by atoms with van der Waals surface area (Å²) >= 11 is 0. The third-order valence-electron chi connectivity index (χ3n) is 2.80. The molecule has 1 rings (SSSR count). The van der Waals surface area contributed by atoms with E-state index in [0.29, 0.717) is 0 Å². The largest absolute Gasteiger partial charge is 0.417 e. The summed E-state index contributed by atoms with van der Waals surface area (Å²) in [4.78, 5) is 30.2. The highest BCUT2D eigenvalue weighted by molar-refractivity contribution is 5.80. The molecule has 0 radical (unpaired) electrons. The lowest BCUT2D eigenvalue weighted by Crippen LogP contribution is -2.68. The number of aliphatic hydroxyl groups is 6. The van der Waals surface area contributed by atoms with Gasteiger partial charge < -0.3 is 35.4 Å². The maximum Gasteiger partial charge on any atom is 0.417 e. The summed E-state index contributed by atoms with van der Waals surface area (Å²) in [6, 6.07) is 0. The van der Waals surface area contributed by atoms with Crippen LogP contribution in [0.2, 0.25) is 0 Å². The van der Waals surface area contributed by atoms with Gasteiger partial charge in [-0.1, -0.05) is 0 Å². The van der Waals surface area contributed by atoms with Crippen molar-refractivity contribution in [2.45, 2.75) is 43.2 Å². The SMILES string of the molecule is CC(O)C(=O)OOC(=O)C1(O)O[C@H](CO)[C@@H](O)[C@H](O)[C@H]1O. The molecule has 0 aromatic rings. The lowest BCUT2D eigenvalue weighted by molar-refractivity contribution is -0.358. The van der Waals surface area contributed by atoms with Gasteiger partial charge in [-0.05, 0) is 6.92 Å². The zero-order chi connectivity index (χ0) is 16.4. The second-order valence-electron chi connectivity index (χ2n) is 4.41. The predicted molar refractivity (Wildman–Crippen MR) is 58.8 cm³/mol. The van der Waals surface area contributed by atoms with Crippen molar-refractivity contribution in [3.8, 4) is 0 Å². The van der Waals surface area contributed by atoms with Gasteiger partial charge in [-0.3, -0.25) is 0 Å². The quantitative estimate of drug-likeness (QED) is 0.218. The topological polar surface area (TPSA) is 183 Å². The highest BCUT2D eigenvalue weighted by atomic mass is 17.2. The van der Waals surface area contributed by atoms with Gasteiger partial charge in [0, 0.05) is 0 Å². The van der Waals surface area contributed by atoms with Gasteiger partial charge in [0.2, 0.25) is 0 Å². The van der Waals surface area contributed by atoms with Crippen molar-refractivity contribution < 1.29 is 54.7 Å². The van der Waals surface area contributed by atoms with Crippen molar-refractivity contribution in [1.82, 2.24) is 0 Å². The summed E-state index contributed by atoms with van der Waals surface area (Å²) in [5.41, 5.74) is 0. The average Bonchev–Trinajstić information content (AvgIpc) is 2.45. The first-order chi connectivity index (χ1) is 9.65. The van der Waals surface area contributed by atoms with E-state index in [-0.39, 0.29) is 0 Å². The first kappa shape index (κ1) is 17.7. The molecule has 11 nitrogen and oxygen atoms in total. The molecular weight excluding hydrogens is 296 g/mol. The molecule has 0 bridgehead atoms. The number of rotatable bonds is 3. The summed E-state index contributed by atoms with van der Waals surface area (Å²) < 4.78 is 4.59. The second-order valence-corrected chi connectivity index (χ2v) is 4.41. The summed E-state index contributed by atoms with van der Waals surface area (Å²) in [6.45, 7) is 0.118. The molecule has 11 heteroatoms. The van der Waals surface area contributed by atoms with Gasteiger partial charge in [-0.15, -0.1) is 0 Å². The molecule has 122 valence electrons. The van der Waals surface area contributed by atoms with E-state index < -0.39 is 54.9 Å². The standard InChI is InChI=1S/C10H16O11/c1-3(12)8(16)20-21-9(17)10(18)7(15)6(14)5(13)4(2-11)19-10/h3-7,11-15,18H,2H2,1H3/t3?,4-,5-,6+,7-,10?/m1/s1. The van der Waals surface area contributed by atoms with Crippen LogP contribution in [0.5, 0.6) is 0 Å². The Balaban J connectivity index is 2.82. The minimum atomic E-state index is -3.19. The minimum absolute atomic E-state index is 0.895. The maximum atomic E-state index is 11.6. The normalized spacial score (nSPS) is 37.7. The summed E-state index contributed by atoms with van der Waals surface area (Å²) in [5.74, 6) is -6.38. The molecule has 21 heavy (non-hydrogen) atoms. The number of carbonyl (C=O) groups excluding carboxylic acids is 2.